The SMILES string of the molecule is CCCCC(N)C(=O)Nc1ccc(OC)cc1OC. The quantitative estimate of drug-likeness (QED) is 0.793. The van der Waals surface area contributed by atoms with E-state index >= 15 is 0 Å². The topological polar surface area (TPSA) is 73.6 Å². The molecule has 106 valence electrons. The summed E-state index contributed by atoms with van der Waals surface area (Å²) in [5.41, 5.74) is 6.42. The van der Waals surface area contributed by atoms with Gasteiger partial charge in [-0.25, -0.2) is 0 Å². The molecule has 0 aliphatic carbocycles. The summed E-state index contributed by atoms with van der Waals surface area (Å²) in [5, 5.41) is 2.78. The van der Waals surface area contributed by atoms with E-state index in [1.165, 1.54) is 0 Å². The molecule has 0 aromatic heterocycles. The molecule has 0 aliphatic heterocycles. The number of hydrogen-bond acceptors (Lipinski definition) is 4. The Kier molecular flexibility index (Phi) is 6.15. The molecule has 0 saturated carbocycles. The maximum atomic E-state index is 11.9. The van der Waals surface area contributed by atoms with Crippen molar-refractivity contribution in [3.63, 3.8) is 0 Å². The van der Waals surface area contributed by atoms with Crippen molar-refractivity contribution < 1.29 is 14.3 Å². The van der Waals surface area contributed by atoms with Gasteiger partial charge in [-0.3, -0.25) is 4.79 Å². The van der Waals surface area contributed by atoms with Crippen LogP contribution in [0.5, 0.6) is 11.5 Å². The number of nitrogens with one attached hydrogen (secondary N) is 1. The number of hydrogen-bond donors (Lipinski definition) is 2. The molecule has 0 bridgehead atoms. The highest BCUT2D eigenvalue weighted by atomic mass is 16.5. The van der Waals surface area contributed by atoms with Gasteiger partial charge in [-0.05, 0) is 18.6 Å². The Balaban J connectivity index is 2.73. The summed E-state index contributed by atoms with van der Waals surface area (Å²) < 4.78 is 10.3. The number of methoxy groups -OCH3 is 2. The predicted molar refractivity (Wildman–Crippen MR) is 75.7 cm³/mol. The van der Waals surface area contributed by atoms with E-state index < -0.39 is 6.04 Å². The Bertz CT molecular complexity index is 421. The first kappa shape index (κ1) is 15.3. The average Bonchev–Trinajstić information content (AvgIpc) is 2.44. The van der Waals surface area contributed by atoms with Gasteiger partial charge in [0.25, 0.3) is 0 Å². The summed E-state index contributed by atoms with van der Waals surface area (Å²) in [5.74, 6) is 1.03. The predicted octanol–water partition coefficient (Wildman–Crippen LogP) is 2.16. The van der Waals surface area contributed by atoms with Gasteiger partial charge in [0.2, 0.25) is 5.91 Å². The molecule has 0 heterocycles. The molecule has 0 spiro atoms. The fraction of sp³-hybridized carbons (Fsp3) is 0.500. The van der Waals surface area contributed by atoms with E-state index in [0.29, 0.717) is 23.6 Å². The normalized spacial score (nSPS) is 11.8. The zero-order chi connectivity index (χ0) is 14.3. The van der Waals surface area contributed by atoms with Crippen molar-refractivity contribution >= 4 is 11.6 Å². The van der Waals surface area contributed by atoms with Crippen LogP contribution in [0.2, 0.25) is 0 Å². The highest BCUT2D eigenvalue weighted by Gasteiger charge is 2.15. The molecule has 3 N–H and O–H groups in total. The fourth-order valence-electron chi connectivity index (χ4n) is 1.68. The van der Waals surface area contributed by atoms with Crippen LogP contribution in [-0.4, -0.2) is 26.2 Å². The first-order chi connectivity index (χ1) is 9.12. The molecular formula is C14H22N2O3. The Morgan fingerprint density at radius 3 is 2.68 bits per heavy atom. The fourth-order valence-corrected chi connectivity index (χ4v) is 1.68. The van der Waals surface area contributed by atoms with E-state index in [4.69, 9.17) is 15.2 Å². The smallest absolute Gasteiger partial charge is 0.241 e. The third kappa shape index (κ3) is 4.44. The van der Waals surface area contributed by atoms with Gasteiger partial charge in [0.05, 0.1) is 25.9 Å². The molecule has 1 unspecified atom stereocenters. The number of rotatable bonds is 7. The van der Waals surface area contributed by atoms with Crippen LogP contribution in [0, 0.1) is 0 Å². The molecule has 1 amide bonds. The van der Waals surface area contributed by atoms with E-state index in [-0.39, 0.29) is 5.91 Å². The Morgan fingerprint density at radius 1 is 1.37 bits per heavy atom. The van der Waals surface area contributed by atoms with Gasteiger partial charge in [0.1, 0.15) is 11.5 Å². The molecule has 0 aliphatic rings. The van der Waals surface area contributed by atoms with Crippen LogP contribution in [0.1, 0.15) is 26.2 Å². The van der Waals surface area contributed by atoms with Gasteiger partial charge < -0.3 is 20.5 Å². The highest BCUT2D eigenvalue weighted by molar-refractivity contribution is 5.96. The maximum absolute atomic E-state index is 11.9. The zero-order valence-corrected chi connectivity index (χ0v) is 11.7. The Morgan fingerprint density at radius 2 is 2.11 bits per heavy atom. The van der Waals surface area contributed by atoms with Crippen molar-refractivity contribution in [2.75, 3.05) is 19.5 Å². The highest BCUT2D eigenvalue weighted by Crippen LogP contribution is 2.29. The van der Waals surface area contributed by atoms with Crippen LogP contribution < -0.4 is 20.5 Å². The van der Waals surface area contributed by atoms with Crippen molar-refractivity contribution in [3.05, 3.63) is 18.2 Å². The minimum atomic E-state index is -0.494. The molecule has 1 aromatic carbocycles. The van der Waals surface area contributed by atoms with Crippen molar-refractivity contribution in [2.24, 2.45) is 5.73 Å². The van der Waals surface area contributed by atoms with Gasteiger partial charge in [-0.15, -0.1) is 0 Å². The van der Waals surface area contributed by atoms with E-state index in [0.717, 1.165) is 12.8 Å². The minimum Gasteiger partial charge on any atom is -0.497 e. The molecule has 19 heavy (non-hydrogen) atoms. The molecule has 1 rings (SSSR count). The summed E-state index contributed by atoms with van der Waals surface area (Å²) in [4.78, 5) is 11.9. The number of nitrogens with two attached hydrogens (primary N) is 1. The first-order valence-corrected chi connectivity index (χ1v) is 6.40. The van der Waals surface area contributed by atoms with E-state index in [9.17, 15) is 4.79 Å². The Labute approximate surface area is 114 Å². The molecule has 5 nitrogen and oxygen atoms in total. The molecule has 1 atom stereocenters. The van der Waals surface area contributed by atoms with E-state index in [1.807, 2.05) is 0 Å². The van der Waals surface area contributed by atoms with Crippen molar-refractivity contribution in [2.45, 2.75) is 32.2 Å². The number of benzene rings is 1. The molecule has 0 saturated heterocycles. The second-order valence-corrected chi connectivity index (χ2v) is 4.30. The molecule has 1 aromatic rings. The number of ether oxygens (including phenoxy) is 2. The van der Waals surface area contributed by atoms with Gasteiger partial charge in [0.15, 0.2) is 0 Å². The summed E-state index contributed by atoms with van der Waals surface area (Å²) >= 11 is 0. The average molecular weight is 266 g/mol. The largest absolute Gasteiger partial charge is 0.497 e. The van der Waals surface area contributed by atoms with Crippen LogP contribution in [0.25, 0.3) is 0 Å². The lowest BCUT2D eigenvalue weighted by molar-refractivity contribution is -0.117. The van der Waals surface area contributed by atoms with Crippen LogP contribution >= 0.6 is 0 Å². The Hall–Kier alpha value is -1.75. The maximum Gasteiger partial charge on any atom is 0.241 e. The second kappa shape index (κ2) is 7.63. The number of carbonyl (C=O) groups excluding carboxylic acids is 1. The van der Waals surface area contributed by atoms with Crippen molar-refractivity contribution in [1.29, 1.82) is 0 Å². The lowest BCUT2D eigenvalue weighted by atomic mass is 10.1. The standard InChI is InChI=1S/C14H22N2O3/c1-4-5-6-11(15)14(17)16-12-8-7-10(18-2)9-13(12)19-3/h7-9,11H,4-6,15H2,1-3H3,(H,16,17). The molecule has 0 radical (unpaired) electrons. The van der Waals surface area contributed by atoms with Gasteiger partial charge >= 0.3 is 0 Å². The third-order valence-corrected chi connectivity index (χ3v) is 2.87. The van der Waals surface area contributed by atoms with Crippen LogP contribution in [0.15, 0.2) is 18.2 Å². The van der Waals surface area contributed by atoms with Gasteiger partial charge in [0, 0.05) is 6.07 Å². The third-order valence-electron chi connectivity index (χ3n) is 2.87. The van der Waals surface area contributed by atoms with E-state index in [1.54, 1.807) is 32.4 Å². The second-order valence-electron chi connectivity index (χ2n) is 4.30. The van der Waals surface area contributed by atoms with Gasteiger partial charge in [-0.1, -0.05) is 19.8 Å². The minimum absolute atomic E-state index is 0.197. The van der Waals surface area contributed by atoms with Gasteiger partial charge in [-0.2, -0.15) is 0 Å². The van der Waals surface area contributed by atoms with Crippen molar-refractivity contribution in [3.8, 4) is 11.5 Å². The lowest BCUT2D eigenvalue weighted by Crippen LogP contribution is -2.35. The summed E-state index contributed by atoms with van der Waals surface area (Å²) in [6.07, 6.45) is 2.64. The van der Waals surface area contributed by atoms with E-state index in [2.05, 4.69) is 12.2 Å². The number of unbranched alkanes of at least 4 members (excludes halogenated alkanes) is 1. The summed E-state index contributed by atoms with van der Waals surface area (Å²) in [7, 11) is 3.12. The molecule has 0 fully saturated rings. The number of amides is 1. The van der Waals surface area contributed by atoms with Crippen molar-refractivity contribution in [1.82, 2.24) is 0 Å². The van der Waals surface area contributed by atoms with Crippen LogP contribution in [-0.2, 0) is 4.79 Å². The number of carbonyl (C=O) groups is 1. The first-order valence-electron chi connectivity index (χ1n) is 6.40. The molecular weight excluding hydrogens is 244 g/mol. The monoisotopic (exact) mass is 266 g/mol. The van der Waals surface area contributed by atoms with Crippen LogP contribution in [0.4, 0.5) is 5.69 Å². The lowest BCUT2D eigenvalue weighted by Gasteiger charge is -2.14. The van der Waals surface area contributed by atoms with Crippen LogP contribution in [0.3, 0.4) is 0 Å². The number of anilines is 1. The summed E-state index contributed by atoms with van der Waals surface area (Å²) in [6.45, 7) is 2.07. The zero-order valence-electron chi connectivity index (χ0n) is 11.7. The summed E-state index contributed by atoms with van der Waals surface area (Å²) in [6, 6.07) is 4.72. The molecule has 5 heteroatoms.